The molecule has 9 aromatic rings. The van der Waals surface area contributed by atoms with Crippen molar-refractivity contribution in [1.82, 2.24) is 9.55 Å². The number of hydrogen-bond acceptors (Lipinski definition) is 2. The molecule has 0 bridgehead atoms. The quantitative estimate of drug-likeness (QED) is 0.125. The van der Waals surface area contributed by atoms with Crippen molar-refractivity contribution in [3.05, 3.63) is 194 Å². The van der Waals surface area contributed by atoms with Crippen molar-refractivity contribution in [2.75, 3.05) is 4.90 Å². The third-order valence-corrected chi connectivity index (χ3v) is 18.7. The molecule has 1 aliphatic carbocycles. The fraction of sp³-hybridized carbons (Fsp3) is 0.151. The molecule has 0 amide bonds. The van der Waals surface area contributed by atoms with E-state index in [4.69, 9.17) is 4.98 Å². The molecule has 3 heterocycles. The smallest absolute Gasteiger partial charge is 0.180 e. The number of anilines is 2. The van der Waals surface area contributed by atoms with Crippen LogP contribution < -0.4 is 25.6 Å². The minimum absolute atomic E-state index is 0.0488. The van der Waals surface area contributed by atoms with Gasteiger partial charge in [0, 0.05) is 39.3 Å². The van der Waals surface area contributed by atoms with E-state index in [-0.39, 0.29) is 11.0 Å². The lowest BCUT2D eigenvalue weighted by Gasteiger charge is -2.50. The molecule has 2 aromatic heterocycles. The van der Waals surface area contributed by atoms with E-state index in [1.165, 1.54) is 89.5 Å². The number of rotatable bonds is 6. The molecule has 3 nitrogen and oxygen atoms in total. The van der Waals surface area contributed by atoms with E-state index in [1.807, 2.05) is 6.20 Å². The molecule has 0 radical (unpaired) electrons. The van der Waals surface area contributed by atoms with Crippen molar-refractivity contribution in [3.63, 3.8) is 0 Å². The molecule has 1 aliphatic heterocycles. The van der Waals surface area contributed by atoms with Crippen LogP contribution in [0.25, 0.3) is 38.3 Å². The number of aromatic nitrogens is 2. The maximum absolute atomic E-state index is 5.08. The highest BCUT2D eigenvalue weighted by Gasteiger charge is 2.58. The van der Waals surface area contributed by atoms with Crippen LogP contribution in [0.4, 0.5) is 11.5 Å². The summed E-state index contributed by atoms with van der Waals surface area (Å²) >= 11 is 0. The Hall–Kier alpha value is -6.23. The predicted molar refractivity (Wildman–Crippen MR) is 243 cm³/mol. The normalized spacial score (nSPS) is 19.2. The molecule has 1 saturated carbocycles. The van der Waals surface area contributed by atoms with Crippen LogP contribution in [0.2, 0.25) is 0 Å². The first-order chi connectivity index (χ1) is 28.0. The molecule has 276 valence electrons. The van der Waals surface area contributed by atoms with Crippen LogP contribution in [-0.4, -0.2) is 23.2 Å². The fourth-order valence-corrected chi connectivity index (χ4v) is 16.1. The largest absolute Gasteiger partial charge is 0.319 e. The summed E-state index contributed by atoms with van der Waals surface area (Å²) in [5, 5.41) is 10.6. The minimum Gasteiger partial charge on any atom is -0.319 e. The lowest BCUT2D eigenvalue weighted by Crippen LogP contribution is -2.74. The average Bonchev–Trinajstić information content (AvgIpc) is 3.71. The van der Waals surface area contributed by atoms with Gasteiger partial charge in [-0.25, -0.2) is 4.98 Å². The molecule has 7 aromatic carbocycles. The van der Waals surface area contributed by atoms with E-state index in [2.05, 4.69) is 205 Å². The van der Waals surface area contributed by atoms with Gasteiger partial charge in [-0.3, -0.25) is 0 Å². The van der Waals surface area contributed by atoms with Crippen molar-refractivity contribution in [2.24, 2.45) is 0 Å². The van der Waals surface area contributed by atoms with Crippen molar-refractivity contribution >= 4 is 72.9 Å². The van der Waals surface area contributed by atoms with E-state index in [9.17, 15) is 0 Å². The van der Waals surface area contributed by atoms with Crippen LogP contribution in [0.3, 0.4) is 0 Å². The molecular formula is C53H45N3Si. The third kappa shape index (κ3) is 4.80. The van der Waals surface area contributed by atoms with Gasteiger partial charge in [-0.2, -0.15) is 0 Å². The van der Waals surface area contributed by atoms with Gasteiger partial charge in [-0.05, 0) is 93.7 Å². The number of nitrogens with zero attached hydrogens (tertiary/aromatic N) is 3. The van der Waals surface area contributed by atoms with E-state index in [0.717, 1.165) is 12.2 Å². The predicted octanol–water partition coefficient (Wildman–Crippen LogP) is 10.5. The van der Waals surface area contributed by atoms with Crippen molar-refractivity contribution in [1.29, 1.82) is 0 Å². The maximum atomic E-state index is 5.08. The van der Waals surface area contributed by atoms with Gasteiger partial charge in [0.1, 0.15) is 5.82 Å². The lowest BCUT2D eigenvalue weighted by molar-refractivity contribution is 0.195. The Morgan fingerprint density at radius 3 is 1.96 bits per heavy atom. The highest BCUT2D eigenvalue weighted by molar-refractivity contribution is 7.20. The Labute approximate surface area is 335 Å². The van der Waals surface area contributed by atoms with Gasteiger partial charge in [0.25, 0.3) is 0 Å². The zero-order chi connectivity index (χ0) is 38.2. The molecule has 1 fully saturated rings. The maximum Gasteiger partial charge on any atom is 0.180 e. The van der Waals surface area contributed by atoms with E-state index < -0.39 is 8.07 Å². The number of hydrogen-bond donors (Lipinski definition) is 0. The van der Waals surface area contributed by atoms with Crippen LogP contribution in [0, 0.1) is 0 Å². The first kappa shape index (κ1) is 34.1. The second-order valence-electron chi connectivity index (χ2n) is 16.6. The molecule has 2 aliphatic rings. The summed E-state index contributed by atoms with van der Waals surface area (Å²) in [6, 6.07) is 68.5. The van der Waals surface area contributed by atoms with Crippen LogP contribution in [0.15, 0.2) is 188 Å². The molecule has 0 saturated heterocycles. The van der Waals surface area contributed by atoms with Crippen LogP contribution in [-0.2, 0) is 5.41 Å². The molecule has 4 heteroatoms. The molecule has 2 unspecified atom stereocenters. The van der Waals surface area contributed by atoms with Crippen LogP contribution in [0.5, 0.6) is 0 Å². The number of pyridine rings is 1. The Bertz CT molecular complexity index is 2930. The Morgan fingerprint density at radius 2 is 1.16 bits per heavy atom. The standard InChI is InChI=1S/C53H45N3Si/c1-52-33-13-14-34-53(52,2)56(51-47(52)28-17-35-54-51)40-31-32-49-46(37-40)45-27-11-12-29-48(45)55(49)39-20-16-25-43(36-39)57(41-21-5-3-6-22-41,42-23-7-4-8-24-42)50-30-15-19-38-18-9-10-26-44(38)50/h3-12,15-32,35-37H,13-14,33-34H2,1-2H3. The SMILES string of the molecule is CC12CCCCC1(C)N(c1ccc3c(c1)c1ccccc1n3-c1cccc([Si](c3ccccc3)(c3ccccc3)c3cccc4ccccc34)c1)c1ncccc12. The lowest BCUT2D eigenvalue weighted by atomic mass is 9.61. The summed E-state index contributed by atoms with van der Waals surface area (Å²) in [5.41, 5.74) is 6.22. The van der Waals surface area contributed by atoms with Gasteiger partial charge >= 0.3 is 0 Å². The third-order valence-electron chi connectivity index (χ3n) is 13.9. The first-order valence-electron chi connectivity index (χ1n) is 20.5. The van der Waals surface area contributed by atoms with Crippen molar-refractivity contribution in [3.8, 4) is 5.69 Å². The molecule has 0 spiro atoms. The van der Waals surface area contributed by atoms with Crippen molar-refractivity contribution < 1.29 is 0 Å². The van der Waals surface area contributed by atoms with Gasteiger partial charge in [0.2, 0.25) is 0 Å². The summed E-state index contributed by atoms with van der Waals surface area (Å²) in [5.74, 6) is 1.12. The van der Waals surface area contributed by atoms with Gasteiger partial charge in [-0.1, -0.05) is 159 Å². The zero-order valence-corrected chi connectivity index (χ0v) is 33.6. The van der Waals surface area contributed by atoms with Gasteiger partial charge in [0.05, 0.1) is 16.6 Å². The Morgan fingerprint density at radius 1 is 0.509 bits per heavy atom. The van der Waals surface area contributed by atoms with Gasteiger partial charge in [0.15, 0.2) is 8.07 Å². The van der Waals surface area contributed by atoms with Crippen molar-refractivity contribution in [2.45, 2.75) is 50.5 Å². The second-order valence-corrected chi connectivity index (χ2v) is 20.4. The summed E-state index contributed by atoms with van der Waals surface area (Å²) in [7, 11) is -2.86. The average molecular weight is 752 g/mol. The van der Waals surface area contributed by atoms with E-state index in [1.54, 1.807) is 0 Å². The summed E-state index contributed by atoms with van der Waals surface area (Å²) in [6.07, 6.45) is 6.81. The number of fused-ring (bicyclic) bond motifs is 7. The van der Waals surface area contributed by atoms with Crippen LogP contribution >= 0.6 is 0 Å². The van der Waals surface area contributed by atoms with E-state index in [0.29, 0.717) is 0 Å². The Balaban J connectivity index is 1.15. The van der Waals surface area contributed by atoms with Crippen LogP contribution in [0.1, 0.15) is 45.1 Å². The molecular weight excluding hydrogens is 707 g/mol. The molecule has 57 heavy (non-hydrogen) atoms. The summed E-state index contributed by atoms with van der Waals surface area (Å²) in [4.78, 5) is 7.67. The highest BCUT2D eigenvalue weighted by Crippen LogP contribution is 2.60. The second kappa shape index (κ2) is 12.9. The Kier molecular flexibility index (Phi) is 7.71. The monoisotopic (exact) mass is 751 g/mol. The van der Waals surface area contributed by atoms with E-state index >= 15 is 0 Å². The topological polar surface area (TPSA) is 21.1 Å². The summed E-state index contributed by atoms with van der Waals surface area (Å²) in [6.45, 7) is 4.97. The fourth-order valence-electron chi connectivity index (χ4n) is 11.1. The zero-order valence-electron chi connectivity index (χ0n) is 32.6. The first-order valence-corrected chi connectivity index (χ1v) is 22.5. The highest BCUT2D eigenvalue weighted by atomic mass is 28.3. The number of benzene rings is 7. The number of para-hydroxylation sites is 1. The summed E-state index contributed by atoms with van der Waals surface area (Å²) < 4.78 is 2.50. The molecule has 0 N–H and O–H groups in total. The van der Waals surface area contributed by atoms with Gasteiger partial charge in [-0.15, -0.1) is 0 Å². The molecule has 2 atom stereocenters. The minimum atomic E-state index is -2.86. The van der Waals surface area contributed by atoms with Gasteiger partial charge < -0.3 is 9.47 Å². The molecule has 11 rings (SSSR count).